The Bertz CT molecular complexity index is 711. The molecule has 0 spiro atoms. The Morgan fingerprint density at radius 1 is 1.04 bits per heavy atom. The van der Waals surface area contributed by atoms with Crippen molar-refractivity contribution in [2.45, 2.75) is 26.7 Å². The molecule has 1 aliphatic rings. The monoisotopic (exact) mass is 357 g/mol. The van der Waals surface area contributed by atoms with E-state index in [-0.39, 0.29) is 5.82 Å². The molecule has 0 bridgehead atoms. The lowest BCUT2D eigenvalue weighted by Gasteiger charge is -2.37. The number of aromatic nitrogens is 2. The summed E-state index contributed by atoms with van der Waals surface area (Å²) in [4.78, 5) is 16.1. The van der Waals surface area contributed by atoms with Crippen LogP contribution in [0.4, 0.5) is 21.8 Å². The molecule has 140 valence electrons. The third-order valence-corrected chi connectivity index (χ3v) is 4.81. The zero-order valence-corrected chi connectivity index (χ0v) is 16.0. The highest BCUT2D eigenvalue weighted by molar-refractivity contribution is 5.51. The second kappa shape index (κ2) is 8.34. The molecule has 0 amide bonds. The van der Waals surface area contributed by atoms with Gasteiger partial charge in [0, 0.05) is 57.2 Å². The molecule has 0 unspecified atom stereocenters. The van der Waals surface area contributed by atoms with Crippen LogP contribution in [0, 0.1) is 12.7 Å². The quantitative estimate of drug-likeness (QED) is 0.791. The van der Waals surface area contributed by atoms with Crippen LogP contribution in [0.5, 0.6) is 0 Å². The van der Waals surface area contributed by atoms with Gasteiger partial charge in [-0.2, -0.15) is 4.98 Å². The smallest absolute Gasteiger partial charge is 0.227 e. The first-order valence-corrected chi connectivity index (χ1v) is 9.39. The van der Waals surface area contributed by atoms with Gasteiger partial charge in [0.1, 0.15) is 11.6 Å². The minimum Gasteiger partial charge on any atom is -0.368 e. The molecule has 1 aliphatic heterocycles. The van der Waals surface area contributed by atoms with Gasteiger partial charge in [-0.1, -0.05) is 13.3 Å². The third-order valence-electron chi connectivity index (χ3n) is 4.81. The molecule has 3 rings (SSSR count). The van der Waals surface area contributed by atoms with E-state index in [0.29, 0.717) is 0 Å². The molecule has 0 aliphatic carbocycles. The molecule has 26 heavy (non-hydrogen) atoms. The highest BCUT2D eigenvalue weighted by Gasteiger charge is 2.20. The number of nitrogens with zero attached hydrogens (tertiary/aromatic N) is 5. The predicted molar refractivity (Wildman–Crippen MR) is 106 cm³/mol. The van der Waals surface area contributed by atoms with E-state index in [1.165, 1.54) is 12.1 Å². The second-order valence-corrected chi connectivity index (χ2v) is 6.89. The Morgan fingerprint density at radius 2 is 1.69 bits per heavy atom. The minimum atomic E-state index is -0.191. The van der Waals surface area contributed by atoms with Gasteiger partial charge < -0.3 is 14.7 Å². The van der Waals surface area contributed by atoms with E-state index in [1.807, 2.05) is 19.1 Å². The fourth-order valence-electron chi connectivity index (χ4n) is 3.21. The van der Waals surface area contributed by atoms with Crippen molar-refractivity contribution in [1.29, 1.82) is 0 Å². The summed E-state index contributed by atoms with van der Waals surface area (Å²) in [5.41, 5.74) is 2.07. The van der Waals surface area contributed by atoms with Crippen LogP contribution in [0.15, 0.2) is 30.3 Å². The molecule has 1 aromatic carbocycles. The van der Waals surface area contributed by atoms with Crippen LogP contribution >= 0.6 is 0 Å². The van der Waals surface area contributed by atoms with E-state index < -0.39 is 0 Å². The van der Waals surface area contributed by atoms with Gasteiger partial charge in [-0.05, 0) is 37.6 Å². The van der Waals surface area contributed by atoms with Crippen molar-refractivity contribution in [2.75, 3.05) is 54.5 Å². The van der Waals surface area contributed by atoms with Crippen LogP contribution in [0.25, 0.3) is 0 Å². The molecule has 0 radical (unpaired) electrons. The molecule has 1 fully saturated rings. The Labute approximate surface area is 155 Å². The molecule has 1 saturated heterocycles. The first-order chi connectivity index (χ1) is 12.6. The van der Waals surface area contributed by atoms with Gasteiger partial charge in [-0.3, -0.25) is 0 Å². The van der Waals surface area contributed by atoms with E-state index in [9.17, 15) is 4.39 Å². The summed E-state index contributed by atoms with van der Waals surface area (Å²) in [6, 6.07) is 8.80. The zero-order valence-electron chi connectivity index (χ0n) is 16.0. The second-order valence-electron chi connectivity index (χ2n) is 6.89. The summed E-state index contributed by atoms with van der Waals surface area (Å²) >= 11 is 0. The van der Waals surface area contributed by atoms with Crippen LogP contribution in [0.1, 0.15) is 25.5 Å². The largest absolute Gasteiger partial charge is 0.368 e. The van der Waals surface area contributed by atoms with Crippen LogP contribution in [0.3, 0.4) is 0 Å². The topological polar surface area (TPSA) is 35.5 Å². The number of halogens is 1. The van der Waals surface area contributed by atoms with Crippen LogP contribution < -0.4 is 14.7 Å². The molecular weight excluding hydrogens is 329 g/mol. The van der Waals surface area contributed by atoms with Crippen molar-refractivity contribution in [3.63, 3.8) is 0 Å². The molecule has 0 atom stereocenters. The van der Waals surface area contributed by atoms with E-state index in [2.05, 4.69) is 39.7 Å². The highest BCUT2D eigenvalue weighted by Crippen LogP contribution is 2.21. The van der Waals surface area contributed by atoms with Gasteiger partial charge in [-0.25, -0.2) is 9.37 Å². The van der Waals surface area contributed by atoms with Crippen molar-refractivity contribution >= 4 is 17.5 Å². The van der Waals surface area contributed by atoms with Crippen molar-refractivity contribution in [3.05, 3.63) is 41.8 Å². The Hall–Kier alpha value is -2.37. The lowest BCUT2D eigenvalue weighted by Crippen LogP contribution is -2.47. The fourth-order valence-corrected chi connectivity index (χ4v) is 3.21. The van der Waals surface area contributed by atoms with Crippen molar-refractivity contribution in [2.24, 2.45) is 0 Å². The maximum absolute atomic E-state index is 13.1. The first-order valence-electron chi connectivity index (χ1n) is 9.39. The number of hydrogen-bond acceptors (Lipinski definition) is 5. The number of aryl methyl sites for hydroxylation is 1. The van der Waals surface area contributed by atoms with Gasteiger partial charge in [0.25, 0.3) is 0 Å². The van der Waals surface area contributed by atoms with Gasteiger partial charge in [0.15, 0.2) is 0 Å². The number of unbranched alkanes of at least 4 members (excludes halogenated alkanes) is 1. The number of anilines is 3. The molecule has 0 N–H and O–H groups in total. The van der Waals surface area contributed by atoms with Crippen molar-refractivity contribution < 1.29 is 4.39 Å². The predicted octanol–water partition coefficient (Wildman–Crippen LogP) is 3.49. The highest BCUT2D eigenvalue weighted by atomic mass is 19.1. The molecule has 0 saturated carbocycles. The number of hydrogen-bond donors (Lipinski definition) is 0. The van der Waals surface area contributed by atoms with Crippen LogP contribution in [-0.4, -0.2) is 49.7 Å². The average Bonchev–Trinajstić information content (AvgIpc) is 2.66. The van der Waals surface area contributed by atoms with Crippen LogP contribution in [0.2, 0.25) is 0 Å². The summed E-state index contributed by atoms with van der Waals surface area (Å²) in [5, 5.41) is 0. The number of rotatable bonds is 6. The van der Waals surface area contributed by atoms with Crippen molar-refractivity contribution in [3.8, 4) is 0 Å². The van der Waals surface area contributed by atoms with E-state index >= 15 is 0 Å². The maximum atomic E-state index is 13.1. The lowest BCUT2D eigenvalue weighted by atomic mass is 10.2. The van der Waals surface area contributed by atoms with Gasteiger partial charge in [0.05, 0.1) is 0 Å². The summed E-state index contributed by atoms with van der Waals surface area (Å²) in [6.07, 6.45) is 2.30. The Kier molecular flexibility index (Phi) is 5.91. The molecule has 1 aromatic heterocycles. The van der Waals surface area contributed by atoms with Gasteiger partial charge in [0.2, 0.25) is 5.95 Å². The molecule has 6 heteroatoms. The van der Waals surface area contributed by atoms with Gasteiger partial charge in [-0.15, -0.1) is 0 Å². The van der Waals surface area contributed by atoms with Gasteiger partial charge >= 0.3 is 0 Å². The van der Waals surface area contributed by atoms with E-state index in [0.717, 1.165) is 68.7 Å². The zero-order chi connectivity index (χ0) is 18.5. The summed E-state index contributed by atoms with van der Waals surface area (Å²) in [7, 11) is 2.06. The summed E-state index contributed by atoms with van der Waals surface area (Å²) < 4.78 is 13.1. The minimum absolute atomic E-state index is 0.191. The van der Waals surface area contributed by atoms with Crippen molar-refractivity contribution in [1.82, 2.24) is 9.97 Å². The normalized spacial score (nSPS) is 14.6. The fraction of sp³-hybridized carbons (Fsp3) is 0.500. The van der Waals surface area contributed by atoms with Crippen LogP contribution in [-0.2, 0) is 0 Å². The Balaban J connectivity index is 1.67. The maximum Gasteiger partial charge on any atom is 0.227 e. The first kappa shape index (κ1) is 18.4. The molecule has 5 nitrogen and oxygen atoms in total. The number of benzene rings is 1. The van der Waals surface area contributed by atoms with E-state index in [1.54, 1.807) is 0 Å². The molecular formula is C20H28FN5. The summed E-state index contributed by atoms with van der Waals surface area (Å²) in [6.45, 7) is 8.77. The Morgan fingerprint density at radius 3 is 2.35 bits per heavy atom. The number of piperazine rings is 1. The SMILES string of the molecule is CCCCN(C)c1nc(C)cc(N2CCN(c3ccc(F)cc3)CC2)n1. The average molecular weight is 357 g/mol. The molecule has 2 heterocycles. The molecule has 2 aromatic rings. The lowest BCUT2D eigenvalue weighted by molar-refractivity contribution is 0.624. The standard InChI is InChI=1S/C20H28FN5/c1-4-5-10-24(3)20-22-16(2)15-19(23-20)26-13-11-25(12-14-26)18-8-6-17(21)7-9-18/h6-9,15H,4-5,10-14H2,1-3H3. The summed E-state index contributed by atoms with van der Waals surface area (Å²) in [5.74, 6) is 1.60. The van der Waals surface area contributed by atoms with E-state index in [4.69, 9.17) is 4.98 Å². The third kappa shape index (κ3) is 4.42.